The number of likely N-dealkylation sites (tertiary alicyclic amines) is 1. The van der Waals surface area contributed by atoms with E-state index >= 15 is 0 Å². The molecule has 3 aromatic heterocycles. The zero-order valence-electron chi connectivity index (χ0n) is 18.7. The van der Waals surface area contributed by atoms with Gasteiger partial charge < -0.3 is 20.5 Å². The SMILES string of the molecule is C=C(NCc1cc2cc(Cl)ccc2[nH]1)NC1CCCN(C(=C)c2cnc3ncc(C)cn23)C1. The highest BCUT2D eigenvalue weighted by molar-refractivity contribution is 6.31. The zero-order valence-corrected chi connectivity index (χ0v) is 19.5. The number of aryl methyl sites for hydroxylation is 1. The van der Waals surface area contributed by atoms with Gasteiger partial charge in [0.05, 0.1) is 30.0 Å². The Morgan fingerprint density at radius 1 is 1.24 bits per heavy atom. The lowest BCUT2D eigenvalue weighted by atomic mass is 10.0. The van der Waals surface area contributed by atoms with Gasteiger partial charge in [-0.25, -0.2) is 9.97 Å². The van der Waals surface area contributed by atoms with Crippen LogP contribution < -0.4 is 10.6 Å². The standard InChI is InChI=1S/C25H28ClN7/c1-16-11-28-25-29-13-24(33(25)14-16)17(2)32-8-4-5-21(15-32)30-18(3)27-12-22-10-19-9-20(26)6-7-23(19)31-22/h6-7,9-11,13-14,21,27,30-31H,2-5,8,12,15H2,1H3. The van der Waals surface area contributed by atoms with Crippen LogP contribution in [0.4, 0.5) is 0 Å². The smallest absolute Gasteiger partial charge is 0.234 e. The second-order valence-electron chi connectivity index (χ2n) is 8.68. The van der Waals surface area contributed by atoms with Crippen LogP contribution in [0.25, 0.3) is 22.4 Å². The second-order valence-corrected chi connectivity index (χ2v) is 9.12. The number of aromatic nitrogens is 4. The Hall–Kier alpha value is -3.45. The molecule has 1 atom stereocenters. The van der Waals surface area contributed by atoms with Crippen molar-refractivity contribution in [3.63, 3.8) is 0 Å². The summed E-state index contributed by atoms with van der Waals surface area (Å²) >= 11 is 6.09. The number of hydrogen-bond donors (Lipinski definition) is 3. The molecule has 1 aromatic carbocycles. The van der Waals surface area contributed by atoms with E-state index in [0.29, 0.717) is 12.3 Å². The molecule has 1 aliphatic heterocycles. The minimum Gasteiger partial charge on any atom is -0.368 e. The third kappa shape index (κ3) is 4.54. The summed E-state index contributed by atoms with van der Waals surface area (Å²) in [4.78, 5) is 14.6. The molecule has 0 aliphatic carbocycles. The number of H-pyrrole nitrogens is 1. The van der Waals surface area contributed by atoms with Crippen molar-refractivity contribution < 1.29 is 0 Å². The first kappa shape index (κ1) is 21.4. The summed E-state index contributed by atoms with van der Waals surface area (Å²) < 4.78 is 2.02. The molecule has 0 radical (unpaired) electrons. The Morgan fingerprint density at radius 3 is 2.97 bits per heavy atom. The lowest BCUT2D eigenvalue weighted by molar-refractivity contribution is 0.271. The first-order valence-corrected chi connectivity index (χ1v) is 11.5. The highest BCUT2D eigenvalue weighted by Crippen LogP contribution is 2.23. The van der Waals surface area contributed by atoms with E-state index in [1.807, 2.05) is 41.9 Å². The monoisotopic (exact) mass is 461 g/mol. The number of aromatic amines is 1. The highest BCUT2D eigenvalue weighted by Gasteiger charge is 2.23. The number of benzene rings is 1. The number of halogens is 1. The Morgan fingerprint density at radius 2 is 2.09 bits per heavy atom. The fourth-order valence-electron chi connectivity index (χ4n) is 4.44. The van der Waals surface area contributed by atoms with Crippen LogP contribution in [0.5, 0.6) is 0 Å². The van der Waals surface area contributed by atoms with Crippen LogP contribution >= 0.6 is 11.6 Å². The van der Waals surface area contributed by atoms with Crippen molar-refractivity contribution in [2.45, 2.75) is 32.4 Å². The summed E-state index contributed by atoms with van der Waals surface area (Å²) in [6.07, 6.45) is 7.91. The van der Waals surface area contributed by atoms with Gasteiger partial charge in [0.25, 0.3) is 0 Å². The fourth-order valence-corrected chi connectivity index (χ4v) is 4.62. The van der Waals surface area contributed by atoms with Gasteiger partial charge in [-0.05, 0) is 49.6 Å². The molecule has 0 spiro atoms. The molecular weight excluding hydrogens is 434 g/mol. The molecule has 0 bridgehead atoms. The van der Waals surface area contributed by atoms with Gasteiger partial charge in [-0.3, -0.25) is 4.40 Å². The van der Waals surface area contributed by atoms with E-state index in [1.165, 1.54) is 0 Å². The summed E-state index contributed by atoms with van der Waals surface area (Å²) in [5.41, 5.74) is 5.21. The van der Waals surface area contributed by atoms with Crippen LogP contribution in [0.2, 0.25) is 5.02 Å². The number of nitrogens with one attached hydrogen (secondary N) is 3. The second kappa shape index (κ2) is 8.83. The third-order valence-electron chi connectivity index (χ3n) is 6.10. The van der Waals surface area contributed by atoms with Crippen molar-refractivity contribution in [2.24, 2.45) is 0 Å². The number of fused-ring (bicyclic) bond motifs is 2. The molecule has 1 aliphatic rings. The molecule has 1 saturated heterocycles. The summed E-state index contributed by atoms with van der Waals surface area (Å²) in [5.74, 6) is 1.51. The molecule has 33 heavy (non-hydrogen) atoms. The molecule has 7 nitrogen and oxygen atoms in total. The number of rotatable bonds is 7. The van der Waals surface area contributed by atoms with E-state index in [-0.39, 0.29) is 6.04 Å². The fraction of sp³-hybridized carbons (Fsp3) is 0.280. The van der Waals surface area contributed by atoms with Gasteiger partial charge in [-0.2, -0.15) is 0 Å². The van der Waals surface area contributed by atoms with Crippen LogP contribution in [0.3, 0.4) is 0 Å². The highest BCUT2D eigenvalue weighted by atomic mass is 35.5. The van der Waals surface area contributed by atoms with Crippen LogP contribution in [-0.4, -0.2) is 43.4 Å². The predicted octanol–water partition coefficient (Wildman–Crippen LogP) is 4.46. The van der Waals surface area contributed by atoms with Gasteiger partial charge in [-0.1, -0.05) is 24.8 Å². The quantitative estimate of drug-likeness (QED) is 0.379. The van der Waals surface area contributed by atoms with Crippen molar-refractivity contribution in [1.29, 1.82) is 0 Å². The van der Waals surface area contributed by atoms with Gasteiger partial charge in [0.2, 0.25) is 5.78 Å². The Balaban J connectivity index is 1.19. The lowest BCUT2D eigenvalue weighted by Crippen LogP contribution is -2.46. The molecular formula is C25H28ClN7. The van der Waals surface area contributed by atoms with Crippen molar-refractivity contribution in [2.75, 3.05) is 13.1 Å². The zero-order chi connectivity index (χ0) is 22.9. The topological polar surface area (TPSA) is 73.3 Å². The maximum Gasteiger partial charge on any atom is 0.234 e. The molecule has 4 aromatic rings. The minimum atomic E-state index is 0.288. The Kier molecular flexibility index (Phi) is 5.72. The van der Waals surface area contributed by atoms with Gasteiger partial charge in [0.15, 0.2) is 0 Å². The summed E-state index contributed by atoms with van der Waals surface area (Å²) in [6, 6.07) is 8.26. The van der Waals surface area contributed by atoms with E-state index < -0.39 is 0 Å². The number of nitrogens with zero attached hydrogens (tertiary/aromatic N) is 4. The van der Waals surface area contributed by atoms with Gasteiger partial charge in [0.1, 0.15) is 0 Å². The van der Waals surface area contributed by atoms with Crippen LogP contribution in [0, 0.1) is 6.92 Å². The van der Waals surface area contributed by atoms with Gasteiger partial charge in [-0.15, -0.1) is 0 Å². The first-order valence-electron chi connectivity index (χ1n) is 11.2. The first-order chi connectivity index (χ1) is 16.0. The van der Waals surface area contributed by atoms with Crippen LogP contribution in [-0.2, 0) is 6.54 Å². The summed E-state index contributed by atoms with van der Waals surface area (Å²) in [7, 11) is 0. The van der Waals surface area contributed by atoms with E-state index in [1.54, 1.807) is 0 Å². The predicted molar refractivity (Wildman–Crippen MR) is 134 cm³/mol. The molecule has 4 heterocycles. The molecule has 5 rings (SSSR count). The lowest BCUT2D eigenvalue weighted by Gasteiger charge is -2.36. The Labute approximate surface area is 198 Å². The van der Waals surface area contributed by atoms with E-state index in [2.05, 4.69) is 55.9 Å². The maximum atomic E-state index is 6.09. The maximum absolute atomic E-state index is 6.09. The molecule has 170 valence electrons. The van der Waals surface area contributed by atoms with E-state index in [4.69, 9.17) is 11.6 Å². The van der Waals surface area contributed by atoms with Crippen molar-refractivity contribution in [1.82, 2.24) is 34.9 Å². The molecule has 1 fully saturated rings. The third-order valence-corrected chi connectivity index (χ3v) is 6.34. The minimum absolute atomic E-state index is 0.288. The molecule has 1 unspecified atom stereocenters. The van der Waals surface area contributed by atoms with E-state index in [9.17, 15) is 0 Å². The van der Waals surface area contributed by atoms with Crippen LogP contribution in [0.1, 0.15) is 29.8 Å². The van der Waals surface area contributed by atoms with Gasteiger partial charge >= 0.3 is 0 Å². The van der Waals surface area contributed by atoms with Gasteiger partial charge in [0, 0.05) is 53.1 Å². The Bertz CT molecular complexity index is 1340. The summed E-state index contributed by atoms with van der Waals surface area (Å²) in [5, 5.41) is 8.79. The van der Waals surface area contributed by atoms with Crippen molar-refractivity contribution in [3.8, 4) is 0 Å². The average Bonchev–Trinajstić information content (AvgIpc) is 3.40. The van der Waals surface area contributed by atoms with Crippen molar-refractivity contribution in [3.05, 3.63) is 83.8 Å². The molecule has 3 N–H and O–H groups in total. The molecule has 0 saturated carbocycles. The molecule has 0 amide bonds. The average molecular weight is 462 g/mol. The summed E-state index contributed by atoms with van der Waals surface area (Å²) in [6.45, 7) is 13.1. The normalized spacial score (nSPS) is 16.3. The number of piperidine rings is 1. The number of hydrogen-bond acceptors (Lipinski definition) is 5. The van der Waals surface area contributed by atoms with Crippen molar-refractivity contribution >= 4 is 34.0 Å². The number of imidazole rings is 1. The molecule has 8 heteroatoms. The largest absolute Gasteiger partial charge is 0.368 e. The van der Waals surface area contributed by atoms with Crippen LogP contribution in [0.15, 0.2) is 61.8 Å². The van der Waals surface area contributed by atoms with E-state index in [0.717, 1.165) is 70.3 Å².